The van der Waals surface area contributed by atoms with Gasteiger partial charge < -0.3 is 16.0 Å². The topological polar surface area (TPSA) is 101 Å². The van der Waals surface area contributed by atoms with Gasteiger partial charge in [-0.2, -0.15) is 0 Å². The average Bonchev–Trinajstić information content (AvgIpc) is 3.32. The third-order valence-corrected chi connectivity index (χ3v) is 4.83. The van der Waals surface area contributed by atoms with Crippen molar-refractivity contribution in [2.45, 2.75) is 44.8 Å². The molecular formula is C19H25FN6O2. The molecule has 0 bridgehead atoms. The fourth-order valence-corrected chi connectivity index (χ4v) is 3.18. The zero-order valence-electron chi connectivity index (χ0n) is 16.2. The summed E-state index contributed by atoms with van der Waals surface area (Å²) >= 11 is 0. The van der Waals surface area contributed by atoms with Crippen LogP contribution in [-0.4, -0.2) is 45.9 Å². The normalized spacial score (nSPS) is 19.4. The van der Waals surface area contributed by atoms with Crippen molar-refractivity contribution in [3.05, 3.63) is 47.5 Å². The number of amides is 2. The molecule has 2 amide bonds. The number of hydrogen-bond acceptors (Lipinski definition) is 5. The van der Waals surface area contributed by atoms with E-state index in [0.717, 1.165) is 0 Å². The van der Waals surface area contributed by atoms with Gasteiger partial charge in [-0.15, -0.1) is 5.10 Å². The summed E-state index contributed by atoms with van der Waals surface area (Å²) in [4.78, 5) is 24.4. The molecule has 0 radical (unpaired) electrons. The number of aromatic nitrogens is 3. The summed E-state index contributed by atoms with van der Waals surface area (Å²) in [6.07, 6.45) is 2.41. The highest BCUT2D eigenvalue weighted by Gasteiger charge is 2.33. The van der Waals surface area contributed by atoms with Gasteiger partial charge in [-0.05, 0) is 51.5 Å². The van der Waals surface area contributed by atoms with E-state index in [2.05, 4.69) is 26.3 Å². The largest absolute Gasteiger partial charge is 0.355 e. The molecule has 2 atom stereocenters. The summed E-state index contributed by atoms with van der Waals surface area (Å²) in [7, 11) is 0. The Labute approximate surface area is 162 Å². The number of nitrogens with one attached hydrogen (secondary N) is 3. The van der Waals surface area contributed by atoms with Crippen molar-refractivity contribution in [3.8, 4) is 0 Å². The Balaban J connectivity index is 1.66. The molecule has 8 nitrogen and oxygen atoms in total. The number of carbonyl (C=O) groups excluding carboxylic acids is 2. The molecule has 1 aliphatic rings. The molecule has 1 aromatic carbocycles. The molecule has 1 fully saturated rings. The number of halogens is 1. The van der Waals surface area contributed by atoms with Gasteiger partial charge in [0.25, 0.3) is 5.91 Å². The molecule has 1 aromatic heterocycles. The number of likely N-dealkylation sites (N-methyl/N-ethyl adjacent to an activating group) is 1. The molecule has 2 unspecified atom stereocenters. The van der Waals surface area contributed by atoms with Gasteiger partial charge in [0.15, 0.2) is 0 Å². The van der Waals surface area contributed by atoms with Crippen molar-refractivity contribution in [3.63, 3.8) is 0 Å². The highest BCUT2D eigenvalue weighted by molar-refractivity contribution is 5.94. The minimum atomic E-state index is -0.769. The van der Waals surface area contributed by atoms with Crippen LogP contribution >= 0.6 is 0 Å². The third kappa shape index (κ3) is 4.36. The van der Waals surface area contributed by atoms with Gasteiger partial charge in [-0.25, -0.2) is 9.07 Å². The molecule has 9 heteroatoms. The first-order valence-electron chi connectivity index (χ1n) is 9.31. The zero-order chi connectivity index (χ0) is 20.3. The fraction of sp³-hybridized carbons (Fsp3) is 0.474. The minimum Gasteiger partial charge on any atom is -0.355 e. The Bertz CT molecular complexity index is 848. The first-order valence-corrected chi connectivity index (χ1v) is 9.31. The molecule has 0 spiro atoms. The molecule has 3 rings (SSSR count). The number of nitrogens with zero attached hydrogens (tertiary/aromatic N) is 3. The summed E-state index contributed by atoms with van der Waals surface area (Å²) in [5, 5.41) is 17.3. The Hall–Kier alpha value is -2.81. The van der Waals surface area contributed by atoms with Crippen molar-refractivity contribution in [1.29, 1.82) is 0 Å². The molecule has 28 heavy (non-hydrogen) atoms. The monoisotopic (exact) mass is 388 g/mol. The van der Waals surface area contributed by atoms with E-state index in [1.165, 1.54) is 24.3 Å². The van der Waals surface area contributed by atoms with Gasteiger partial charge in [-0.1, -0.05) is 5.21 Å². The maximum absolute atomic E-state index is 13.0. The summed E-state index contributed by atoms with van der Waals surface area (Å²) in [6, 6.07) is 5.13. The average molecular weight is 388 g/mol. The van der Waals surface area contributed by atoms with Crippen molar-refractivity contribution >= 4 is 11.8 Å². The van der Waals surface area contributed by atoms with Gasteiger partial charge in [-0.3, -0.25) is 9.59 Å². The lowest BCUT2D eigenvalue weighted by Crippen LogP contribution is -2.41. The van der Waals surface area contributed by atoms with Crippen LogP contribution in [0.25, 0.3) is 0 Å². The van der Waals surface area contributed by atoms with Crippen LogP contribution in [0.5, 0.6) is 0 Å². The van der Waals surface area contributed by atoms with Gasteiger partial charge in [0.05, 0.1) is 23.8 Å². The standard InChI is InChI=1S/C19H25FN6O2/c1-4-21-18(28)15-9-14(10-22-15)26-11-16(24-25-26)19(2,3)23-17(27)12-5-7-13(20)8-6-12/h5-8,11,14-15,22H,4,9-10H2,1-3H3,(H,21,28)(H,23,27). The van der Waals surface area contributed by atoms with Crippen molar-refractivity contribution in [2.75, 3.05) is 13.1 Å². The number of hydrogen-bond donors (Lipinski definition) is 3. The van der Waals surface area contributed by atoms with Gasteiger partial charge in [0.2, 0.25) is 5.91 Å². The fourth-order valence-electron chi connectivity index (χ4n) is 3.18. The highest BCUT2D eigenvalue weighted by atomic mass is 19.1. The first kappa shape index (κ1) is 19.9. The summed E-state index contributed by atoms with van der Waals surface area (Å²) in [5.41, 5.74) is 0.199. The maximum Gasteiger partial charge on any atom is 0.252 e. The predicted octanol–water partition coefficient (Wildman–Crippen LogP) is 1.12. The second-order valence-electron chi connectivity index (χ2n) is 7.41. The van der Waals surface area contributed by atoms with Gasteiger partial charge >= 0.3 is 0 Å². The van der Waals surface area contributed by atoms with Crippen LogP contribution < -0.4 is 16.0 Å². The van der Waals surface area contributed by atoms with E-state index < -0.39 is 11.4 Å². The molecule has 3 N–H and O–H groups in total. The van der Waals surface area contributed by atoms with Crippen LogP contribution in [-0.2, 0) is 10.3 Å². The first-order chi connectivity index (χ1) is 13.3. The van der Waals surface area contributed by atoms with Crippen LogP contribution in [0.2, 0.25) is 0 Å². The van der Waals surface area contributed by atoms with Gasteiger partial charge in [0, 0.05) is 18.7 Å². The molecule has 1 saturated heterocycles. The van der Waals surface area contributed by atoms with Crippen LogP contribution in [0.15, 0.2) is 30.5 Å². The third-order valence-electron chi connectivity index (χ3n) is 4.83. The van der Waals surface area contributed by atoms with Crippen LogP contribution in [0, 0.1) is 5.82 Å². The minimum absolute atomic E-state index is 0.0115. The molecular weight excluding hydrogens is 363 g/mol. The summed E-state index contributed by atoms with van der Waals surface area (Å²) in [5.74, 6) is -0.731. The smallest absolute Gasteiger partial charge is 0.252 e. The Kier molecular flexibility index (Phi) is 5.73. The second kappa shape index (κ2) is 8.05. The van der Waals surface area contributed by atoms with Gasteiger partial charge in [0.1, 0.15) is 11.5 Å². The Morgan fingerprint density at radius 3 is 2.71 bits per heavy atom. The van der Waals surface area contributed by atoms with E-state index in [-0.39, 0.29) is 23.9 Å². The Morgan fingerprint density at radius 2 is 2.04 bits per heavy atom. The molecule has 0 saturated carbocycles. The van der Waals surface area contributed by atoms with Crippen LogP contribution in [0.3, 0.4) is 0 Å². The lowest BCUT2D eigenvalue weighted by atomic mass is 10.0. The lowest BCUT2D eigenvalue weighted by molar-refractivity contribution is -0.122. The lowest BCUT2D eigenvalue weighted by Gasteiger charge is -2.23. The number of benzene rings is 1. The van der Waals surface area contributed by atoms with Crippen LogP contribution in [0.1, 0.15) is 49.3 Å². The van der Waals surface area contributed by atoms with E-state index in [0.29, 0.717) is 30.8 Å². The Morgan fingerprint density at radius 1 is 1.32 bits per heavy atom. The summed E-state index contributed by atoms with van der Waals surface area (Å²) in [6.45, 7) is 6.75. The molecule has 1 aliphatic heterocycles. The quantitative estimate of drug-likeness (QED) is 0.689. The van der Waals surface area contributed by atoms with E-state index in [1.54, 1.807) is 10.9 Å². The van der Waals surface area contributed by atoms with Crippen LogP contribution in [0.4, 0.5) is 4.39 Å². The van der Waals surface area contributed by atoms with Crippen molar-refractivity contribution in [1.82, 2.24) is 30.9 Å². The van der Waals surface area contributed by atoms with E-state index in [4.69, 9.17) is 0 Å². The second-order valence-corrected chi connectivity index (χ2v) is 7.41. The zero-order valence-corrected chi connectivity index (χ0v) is 16.2. The van der Waals surface area contributed by atoms with E-state index in [1.807, 2.05) is 20.8 Å². The summed E-state index contributed by atoms with van der Waals surface area (Å²) < 4.78 is 14.8. The highest BCUT2D eigenvalue weighted by Crippen LogP contribution is 2.23. The molecule has 150 valence electrons. The van der Waals surface area contributed by atoms with Crippen molar-refractivity contribution in [2.24, 2.45) is 0 Å². The van der Waals surface area contributed by atoms with E-state index >= 15 is 0 Å². The molecule has 2 heterocycles. The number of rotatable bonds is 6. The predicted molar refractivity (Wildman–Crippen MR) is 101 cm³/mol. The SMILES string of the molecule is CCNC(=O)C1CC(n2cc(C(C)(C)NC(=O)c3ccc(F)cc3)nn2)CN1. The molecule has 2 aromatic rings. The van der Waals surface area contributed by atoms with Crippen molar-refractivity contribution < 1.29 is 14.0 Å². The number of carbonyl (C=O) groups is 2. The molecule has 0 aliphatic carbocycles. The van der Waals surface area contributed by atoms with E-state index in [9.17, 15) is 14.0 Å². The maximum atomic E-state index is 13.0.